The van der Waals surface area contributed by atoms with Crippen molar-refractivity contribution in [2.75, 3.05) is 4.72 Å². The minimum atomic E-state index is -4.86. The number of benzene rings is 1. The largest absolute Gasteiger partial charge is 0.507 e. The molecule has 0 aromatic heterocycles. The number of sulfonamides is 1. The van der Waals surface area contributed by atoms with Crippen molar-refractivity contribution < 1.29 is 32.2 Å². The van der Waals surface area contributed by atoms with Crippen LogP contribution in [0.15, 0.2) is 18.2 Å². The first-order valence-electron chi connectivity index (χ1n) is 4.10. The zero-order valence-corrected chi connectivity index (χ0v) is 8.91. The highest BCUT2D eigenvalue weighted by atomic mass is 32.2. The van der Waals surface area contributed by atoms with Crippen molar-refractivity contribution in [2.24, 2.45) is 0 Å². The molecule has 0 aliphatic carbocycles. The van der Waals surface area contributed by atoms with Gasteiger partial charge in [-0.25, -0.2) is 13.2 Å². The van der Waals surface area contributed by atoms with Gasteiger partial charge in [0, 0.05) is 5.69 Å². The number of aromatic carboxylic acids is 1. The van der Waals surface area contributed by atoms with Crippen LogP contribution < -0.4 is 4.72 Å². The summed E-state index contributed by atoms with van der Waals surface area (Å²) in [6, 6.07) is 2.58. The molecule has 94 valence electrons. The Kier molecular flexibility index (Phi) is 3.51. The maximum Gasteiger partial charge on any atom is 0.355 e. The predicted octanol–water partition coefficient (Wildman–Crippen LogP) is 1.05. The van der Waals surface area contributed by atoms with E-state index in [4.69, 9.17) is 10.2 Å². The molecule has 9 heteroatoms. The van der Waals surface area contributed by atoms with E-state index in [2.05, 4.69) is 0 Å². The fraction of sp³-hybridized carbons (Fsp3) is 0.125. The number of hydrogen-bond acceptors (Lipinski definition) is 4. The van der Waals surface area contributed by atoms with Gasteiger partial charge in [0.15, 0.2) is 0 Å². The molecule has 0 saturated heterocycles. The third-order valence-corrected chi connectivity index (χ3v) is 2.71. The van der Waals surface area contributed by atoms with E-state index in [1.165, 1.54) is 4.72 Å². The Bertz CT molecular complexity index is 543. The summed E-state index contributed by atoms with van der Waals surface area (Å²) in [6.07, 6.45) is 0. The Hall–Kier alpha value is -1.90. The topological polar surface area (TPSA) is 104 Å². The molecule has 1 aromatic rings. The molecule has 0 heterocycles. The lowest BCUT2D eigenvalue weighted by molar-refractivity contribution is 0.0694. The van der Waals surface area contributed by atoms with Crippen molar-refractivity contribution in [2.45, 2.75) is 5.76 Å². The molecule has 0 saturated carbocycles. The first-order valence-corrected chi connectivity index (χ1v) is 5.65. The van der Waals surface area contributed by atoms with Crippen LogP contribution in [-0.4, -0.2) is 30.4 Å². The Morgan fingerprint density at radius 1 is 1.35 bits per heavy atom. The molecule has 0 bridgehead atoms. The maximum atomic E-state index is 12.0. The van der Waals surface area contributed by atoms with E-state index in [0.717, 1.165) is 18.2 Å². The Labute approximate surface area is 94.6 Å². The van der Waals surface area contributed by atoms with E-state index >= 15 is 0 Å². The summed E-state index contributed by atoms with van der Waals surface area (Å²) < 4.78 is 47.1. The highest BCUT2D eigenvalue weighted by Gasteiger charge is 2.24. The minimum absolute atomic E-state index is 0.375. The molecule has 6 nitrogen and oxygen atoms in total. The number of carboxylic acid groups (broad SMARTS) is 1. The maximum absolute atomic E-state index is 12.0. The fourth-order valence-electron chi connectivity index (χ4n) is 0.980. The van der Waals surface area contributed by atoms with Crippen LogP contribution in [0, 0.1) is 0 Å². The predicted molar refractivity (Wildman–Crippen MR) is 53.6 cm³/mol. The highest BCUT2D eigenvalue weighted by molar-refractivity contribution is 7.93. The molecule has 0 fully saturated rings. The number of nitrogens with one attached hydrogen (secondary N) is 1. The van der Waals surface area contributed by atoms with Gasteiger partial charge in [0.25, 0.3) is 10.0 Å². The number of alkyl halides is 2. The lowest BCUT2D eigenvalue weighted by Crippen LogP contribution is -2.20. The van der Waals surface area contributed by atoms with Gasteiger partial charge in [-0.15, -0.1) is 0 Å². The number of carbonyl (C=O) groups is 1. The van der Waals surface area contributed by atoms with Crippen LogP contribution in [0.5, 0.6) is 5.75 Å². The van der Waals surface area contributed by atoms with Crippen LogP contribution in [-0.2, 0) is 10.0 Å². The second-order valence-corrected chi connectivity index (χ2v) is 4.60. The van der Waals surface area contributed by atoms with Crippen molar-refractivity contribution in [3.05, 3.63) is 23.8 Å². The van der Waals surface area contributed by atoms with Crippen LogP contribution >= 0.6 is 0 Å². The number of aromatic hydroxyl groups is 1. The molecule has 3 N–H and O–H groups in total. The molecule has 0 atom stereocenters. The van der Waals surface area contributed by atoms with Gasteiger partial charge in [-0.3, -0.25) is 4.72 Å². The summed E-state index contributed by atoms with van der Waals surface area (Å²) in [4.78, 5) is 10.6. The number of rotatable bonds is 4. The van der Waals surface area contributed by atoms with E-state index in [1.807, 2.05) is 0 Å². The number of halogens is 2. The number of hydrogen-bond donors (Lipinski definition) is 3. The summed E-state index contributed by atoms with van der Waals surface area (Å²) in [5.74, 6) is -5.75. The molecule has 17 heavy (non-hydrogen) atoms. The smallest absolute Gasteiger partial charge is 0.355 e. The monoisotopic (exact) mass is 267 g/mol. The molecule has 1 rings (SSSR count). The molecular weight excluding hydrogens is 260 g/mol. The Morgan fingerprint density at radius 2 is 1.94 bits per heavy atom. The summed E-state index contributed by atoms with van der Waals surface area (Å²) in [5.41, 5.74) is -0.972. The van der Waals surface area contributed by atoms with E-state index < -0.39 is 33.1 Å². The van der Waals surface area contributed by atoms with Gasteiger partial charge in [0.2, 0.25) is 0 Å². The fourth-order valence-corrected chi connectivity index (χ4v) is 1.52. The molecule has 0 aliphatic heterocycles. The van der Waals surface area contributed by atoms with Crippen LogP contribution in [0.1, 0.15) is 10.4 Å². The SMILES string of the molecule is O=C(O)c1cc(NS(=O)(=O)C(F)F)ccc1O. The standard InChI is InChI=1S/C8H7F2NO5S/c9-8(10)17(15,16)11-4-1-2-6(12)5(3-4)7(13)14/h1-3,8,11-12H,(H,13,14). The van der Waals surface area contributed by atoms with Crippen molar-refractivity contribution in [3.8, 4) is 5.75 Å². The van der Waals surface area contributed by atoms with Gasteiger partial charge in [-0.2, -0.15) is 8.78 Å². The second-order valence-electron chi connectivity index (χ2n) is 2.94. The van der Waals surface area contributed by atoms with Crippen molar-refractivity contribution in [3.63, 3.8) is 0 Å². The Balaban J connectivity index is 3.10. The van der Waals surface area contributed by atoms with Crippen LogP contribution in [0.25, 0.3) is 0 Å². The van der Waals surface area contributed by atoms with Gasteiger partial charge >= 0.3 is 11.7 Å². The van der Waals surface area contributed by atoms with Gasteiger partial charge in [-0.1, -0.05) is 0 Å². The molecule has 0 unspecified atom stereocenters. The van der Waals surface area contributed by atoms with Crippen LogP contribution in [0.3, 0.4) is 0 Å². The third-order valence-electron chi connectivity index (χ3n) is 1.72. The molecule has 0 spiro atoms. The minimum Gasteiger partial charge on any atom is -0.507 e. The molecule has 0 radical (unpaired) electrons. The zero-order chi connectivity index (χ0) is 13.2. The van der Waals surface area contributed by atoms with Crippen LogP contribution in [0.4, 0.5) is 14.5 Å². The summed E-state index contributed by atoms with van der Waals surface area (Å²) in [7, 11) is -4.86. The normalized spacial score (nSPS) is 11.5. The van der Waals surface area contributed by atoms with Crippen molar-refractivity contribution >= 4 is 21.7 Å². The highest BCUT2D eigenvalue weighted by Crippen LogP contribution is 2.23. The van der Waals surface area contributed by atoms with Gasteiger partial charge in [0.05, 0.1) is 0 Å². The zero-order valence-electron chi connectivity index (χ0n) is 8.09. The van der Waals surface area contributed by atoms with Crippen molar-refractivity contribution in [1.29, 1.82) is 0 Å². The number of carboxylic acids is 1. The van der Waals surface area contributed by atoms with Crippen molar-refractivity contribution in [1.82, 2.24) is 0 Å². The van der Waals surface area contributed by atoms with Gasteiger partial charge < -0.3 is 10.2 Å². The van der Waals surface area contributed by atoms with Gasteiger partial charge in [0.1, 0.15) is 11.3 Å². The number of anilines is 1. The Morgan fingerprint density at radius 3 is 2.41 bits per heavy atom. The van der Waals surface area contributed by atoms with Crippen LogP contribution in [0.2, 0.25) is 0 Å². The molecule has 0 amide bonds. The molecule has 1 aromatic carbocycles. The number of phenols is 1. The summed E-state index contributed by atoms with van der Waals surface area (Å²) in [5, 5.41) is 17.7. The van der Waals surface area contributed by atoms with E-state index in [9.17, 15) is 22.0 Å². The average Bonchev–Trinajstić information content (AvgIpc) is 2.20. The quantitative estimate of drug-likeness (QED) is 0.707. The third kappa shape index (κ3) is 3.03. The average molecular weight is 267 g/mol. The van der Waals surface area contributed by atoms with E-state index in [-0.39, 0.29) is 5.69 Å². The van der Waals surface area contributed by atoms with E-state index in [1.54, 1.807) is 0 Å². The lowest BCUT2D eigenvalue weighted by Gasteiger charge is -2.08. The molecular formula is C8H7F2NO5S. The first-order chi connectivity index (χ1) is 7.74. The summed E-state index contributed by atoms with van der Waals surface area (Å²) >= 11 is 0. The lowest BCUT2D eigenvalue weighted by atomic mass is 10.2. The summed E-state index contributed by atoms with van der Waals surface area (Å²) in [6.45, 7) is 0. The van der Waals surface area contributed by atoms with E-state index in [0.29, 0.717) is 0 Å². The van der Waals surface area contributed by atoms with Gasteiger partial charge in [-0.05, 0) is 18.2 Å². The molecule has 0 aliphatic rings. The second kappa shape index (κ2) is 4.53. The first kappa shape index (κ1) is 13.2.